The summed E-state index contributed by atoms with van der Waals surface area (Å²) >= 11 is 7.52. The molecule has 0 amide bonds. The van der Waals surface area contributed by atoms with Crippen molar-refractivity contribution in [2.45, 2.75) is 11.8 Å². The molecule has 1 aromatic carbocycles. The van der Waals surface area contributed by atoms with Crippen LogP contribution in [0.1, 0.15) is 11.1 Å². The van der Waals surface area contributed by atoms with Crippen molar-refractivity contribution in [1.82, 2.24) is 0 Å². The van der Waals surface area contributed by atoms with Gasteiger partial charge in [-0.3, -0.25) is 0 Å². The van der Waals surface area contributed by atoms with E-state index in [1.807, 2.05) is 19.2 Å². The summed E-state index contributed by atoms with van der Waals surface area (Å²) in [6.45, 7) is 1.95. The second-order valence-electron chi connectivity index (χ2n) is 2.40. The van der Waals surface area contributed by atoms with Crippen LogP contribution < -0.4 is 0 Å². The molecule has 1 nitrogen and oxygen atoms in total. The predicted octanol–water partition coefficient (Wildman–Crippen LogP) is 3.24. The largest absolute Gasteiger partial charge is 0.192 e. The Morgan fingerprint density at radius 3 is 2.67 bits per heavy atom. The maximum Gasteiger partial charge on any atom is 0.0992 e. The molecule has 0 saturated heterocycles. The molecule has 0 bridgehead atoms. The van der Waals surface area contributed by atoms with Crippen molar-refractivity contribution >= 4 is 23.4 Å². The predicted molar refractivity (Wildman–Crippen MR) is 52.7 cm³/mol. The van der Waals surface area contributed by atoms with Crippen LogP contribution in [0.25, 0.3) is 0 Å². The molecule has 1 rings (SSSR count). The highest BCUT2D eigenvalue weighted by Gasteiger charge is 2.03. The smallest absolute Gasteiger partial charge is 0.0992 e. The van der Waals surface area contributed by atoms with Crippen molar-refractivity contribution in [2.24, 2.45) is 0 Å². The first-order valence-corrected chi connectivity index (χ1v) is 5.03. The molecule has 1 aromatic rings. The van der Waals surface area contributed by atoms with Gasteiger partial charge in [0.1, 0.15) is 0 Å². The summed E-state index contributed by atoms with van der Waals surface area (Å²) in [4.78, 5) is 1.07. The van der Waals surface area contributed by atoms with Crippen LogP contribution in [0.2, 0.25) is 5.02 Å². The number of nitrogens with zero attached hydrogens (tertiary/aromatic N) is 1. The molecule has 0 heterocycles. The van der Waals surface area contributed by atoms with E-state index in [0.717, 1.165) is 10.5 Å². The minimum atomic E-state index is 0.620. The summed E-state index contributed by atoms with van der Waals surface area (Å²) in [7, 11) is 0. The normalized spacial score (nSPS) is 9.50. The zero-order chi connectivity index (χ0) is 9.14. The molecule has 0 unspecified atom stereocenters. The molecule has 0 radical (unpaired) electrons. The fraction of sp³-hybridized carbons (Fsp3) is 0.222. The maximum atomic E-state index is 8.65. The summed E-state index contributed by atoms with van der Waals surface area (Å²) in [5.41, 5.74) is 1.66. The first-order chi connectivity index (χ1) is 5.69. The van der Waals surface area contributed by atoms with Gasteiger partial charge in [-0.1, -0.05) is 11.6 Å². The summed E-state index contributed by atoms with van der Waals surface area (Å²) in [5.74, 6) is 0. The Balaban J connectivity index is 3.31. The number of benzene rings is 1. The molecule has 0 aromatic heterocycles. The molecular formula is C9H8ClNS. The summed E-state index contributed by atoms with van der Waals surface area (Å²) in [5, 5.41) is 9.32. The average Bonchev–Trinajstić information content (AvgIpc) is 2.09. The monoisotopic (exact) mass is 197 g/mol. The van der Waals surface area contributed by atoms with E-state index in [4.69, 9.17) is 16.9 Å². The lowest BCUT2D eigenvalue weighted by atomic mass is 10.2. The van der Waals surface area contributed by atoms with Gasteiger partial charge in [0.25, 0.3) is 0 Å². The maximum absolute atomic E-state index is 8.65. The van der Waals surface area contributed by atoms with Gasteiger partial charge in [-0.25, -0.2) is 0 Å². The Labute approximate surface area is 81.3 Å². The van der Waals surface area contributed by atoms with Gasteiger partial charge < -0.3 is 0 Å². The lowest BCUT2D eigenvalue weighted by Crippen LogP contribution is -1.83. The van der Waals surface area contributed by atoms with Crippen LogP contribution >= 0.6 is 23.4 Å². The van der Waals surface area contributed by atoms with Gasteiger partial charge >= 0.3 is 0 Å². The van der Waals surface area contributed by atoms with Crippen molar-refractivity contribution in [1.29, 1.82) is 5.26 Å². The molecule has 0 atom stereocenters. The number of hydrogen-bond acceptors (Lipinski definition) is 2. The van der Waals surface area contributed by atoms with Crippen LogP contribution in [0.15, 0.2) is 17.0 Å². The van der Waals surface area contributed by atoms with E-state index in [0.29, 0.717) is 10.6 Å². The highest BCUT2D eigenvalue weighted by molar-refractivity contribution is 7.98. The summed E-state index contributed by atoms with van der Waals surface area (Å²) in [6.07, 6.45) is 1.97. The Bertz CT molecular complexity index is 341. The zero-order valence-electron chi connectivity index (χ0n) is 6.89. The van der Waals surface area contributed by atoms with E-state index >= 15 is 0 Å². The van der Waals surface area contributed by atoms with Gasteiger partial charge in [0, 0.05) is 9.92 Å². The third-order valence-corrected chi connectivity index (χ3v) is 2.90. The Hall–Kier alpha value is -0.650. The van der Waals surface area contributed by atoms with Crippen LogP contribution in [-0.4, -0.2) is 6.26 Å². The average molecular weight is 198 g/mol. The van der Waals surface area contributed by atoms with Crippen molar-refractivity contribution < 1.29 is 0 Å². The van der Waals surface area contributed by atoms with Crippen LogP contribution in [0.4, 0.5) is 0 Å². The first kappa shape index (κ1) is 9.44. The lowest BCUT2D eigenvalue weighted by Gasteiger charge is -2.04. The first-order valence-electron chi connectivity index (χ1n) is 3.43. The van der Waals surface area contributed by atoms with Gasteiger partial charge in [0.2, 0.25) is 0 Å². The number of hydrogen-bond donors (Lipinski definition) is 0. The van der Waals surface area contributed by atoms with E-state index in [9.17, 15) is 0 Å². The molecule has 0 aliphatic heterocycles. The third kappa shape index (κ3) is 1.74. The van der Waals surface area contributed by atoms with Crippen LogP contribution in [0, 0.1) is 18.3 Å². The number of rotatable bonds is 1. The van der Waals surface area contributed by atoms with Gasteiger partial charge in [-0.2, -0.15) is 5.26 Å². The van der Waals surface area contributed by atoms with E-state index in [1.165, 1.54) is 0 Å². The third-order valence-electron chi connectivity index (χ3n) is 1.65. The minimum Gasteiger partial charge on any atom is -0.192 e. The van der Waals surface area contributed by atoms with Crippen LogP contribution in [0.5, 0.6) is 0 Å². The van der Waals surface area contributed by atoms with Gasteiger partial charge in [0.05, 0.1) is 11.6 Å². The number of halogens is 1. The van der Waals surface area contributed by atoms with Crippen molar-refractivity contribution in [2.75, 3.05) is 6.26 Å². The van der Waals surface area contributed by atoms with E-state index in [1.54, 1.807) is 17.8 Å². The van der Waals surface area contributed by atoms with Gasteiger partial charge in [0.15, 0.2) is 0 Å². The highest BCUT2D eigenvalue weighted by atomic mass is 35.5. The van der Waals surface area contributed by atoms with E-state index in [2.05, 4.69) is 6.07 Å². The van der Waals surface area contributed by atoms with Crippen molar-refractivity contribution in [3.8, 4) is 6.07 Å². The fourth-order valence-corrected chi connectivity index (χ4v) is 1.87. The number of nitriles is 1. The topological polar surface area (TPSA) is 23.8 Å². The fourth-order valence-electron chi connectivity index (χ4n) is 0.930. The Morgan fingerprint density at radius 1 is 1.50 bits per heavy atom. The SMILES string of the molecule is CSc1cc(C#N)cc(Cl)c1C. The molecule has 0 aliphatic rings. The van der Waals surface area contributed by atoms with E-state index < -0.39 is 0 Å². The second kappa shape index (κ2) is 3.84. The molecule has 62 valence electrons. The molecular weight excluding hydrogens is 190 g/mol. The summed E-state index contributed by atoms with van der Waals surface area (Å²) < 4.78 is 0. The summed E-state index contributed by atoms with van der Waals surface area (Å²) in [6, 6.07) is 5.62. The number of thioether (sulfide) groups is 1. The molecule has 0 saturated carbocycles. The van der Waals surface area contributed by atoms with Crippen molar-refractivity contribution in [3.05, 3.63) is 28.3 Å². The molecule has 0 aliphatic carbocycles. The molecule has 12 heavy (non-hydrogen) atoms. The molecule has 0 spiro atoms. The van der Waals surface area contributed by atoms with Gasteiger partial charge in [-0.15, -0.1) is 11.8 Å². The Morgan fingerprint density at radius 2 is 2.17 bits per heavy atom. The van der Waals surface area contributed by atoms with Crippen LogP contribution in [0.3, 0.4) is 0 Å². The molecule has 0 N–H and O–H groups in total. The van der Waals surface area contributed by atoms with E-state index in [-0.39, 0.29) is 0 Å². The lowest BCUT2D eigenvalue weighted by molar-refractivity contribution is 1.29. The Kier molecular flexibility index (Phi) is 3.02. The van der Waals surface area contributed by atoms with Crippen molar-refractivity contribution in [3.63, 3.8) is 0 Å². The van der Waals surface area contributed by atoms with Crippen LogP contribution in [-0.2, 0) is 0 Å². The standard InChI is InChI=1S/C9H8ClNS/c1-6-8(10)3-7(5-11)4-9(6)12-2/h3-4H,1-2H3. The quantitative estimate of drug-likeness (QED) is 0.646. The highest BCUT2D eigenvalue weighted by Crippen LogP contribution is 2.27. The molecule has 3 heteroatoms. The van der Waals surface area contributed by atoms with Gasteiger partial charge in [-0.05, 0) is 30.9 Å². The minimum absolute atomic E-state index is 0.620. The molecule has 0 fully saturated rings. The zero-order valence-corrected chi connectivity index (χ0v) is 8.46. The second-order valence-corrected chi connectivity index (χ2v) is 3.65.